The molecule has 0 radical (unpaired) electrons. The zero-order valence-electron chi connectivity index (χ0n) is 13.0. The molecule has 4 nitrogen and oxygen atoms in total. The third kappa shape index (κ3) is 3.06. The van der Waals surface area contributed by atoms with Crippen molar-refractivity contribution in [1.29, 1.82) is 0 Å². The van der Waals surface area contributed by atoms with E-state index in [-0.39, 0.29) is 5.97 Å². The summed E-state index contributed by atoms with van der Waals surface area (Å²) in [5.74, 6) is -0.161. The maximum Gasteiger partial charge on any atom is 0.313 e. The minimum atomic E-state index is -0.498. The topological polar surface area (TPSA) is 43.3 Å². The van der Waals surface area contributed by atoms with Crippen LogP contribution in [0.1, 0.15) is 50.3 Å². The largest absolute Gasteiger partial charge is 0.469 e. The number of hydrogen-bond donors (Lipinski definition) is 1. The molecule has 1 unspecified atom stereocenters. The molecule has 4 heteroatoms. The van der Waals surface area contributed by atoms with Crippen LogP contribution in [0.25, 0.3) is 0 Å². The minimum absolute atomic E-state index is 0.161. The molecule has 0 bridgehead atoms. The van der Waals surface area contributed by atoms with Gasteiger partial charge in [-0.15, -0.1) is 0 Å². The Morgan fingerprint density at radius 3 is 2.85 bits per heavy atom. The van der Waals surface area contributed by atoms with E-state index in [1.165, 1.54) is 37.5 Å². The molecule has 2 rings (SSSR count). The summed E-state index contributed by atoms with van der Waals surface area (Å²) in [5.41, 5.74) is 2.31. The average molecular weight is 278 g/mol. The molecule has 0 spiro atoms. The van der Waals surface area contributed by atoms with Gasteiger partial charge in [-0.05, 0) is 51.3 Å². The van der Waals surface area contributed by atoms with Crippen LogP contribution >= 0.6 is 0 Å². The molecule has 1 heterocycles. The highest BCUT2D eigenvalue weighted by Gasteiger charge is 2.30. The molecule has 1 aromatic rings. The SMILES string of the molecule is CNC1CCCCc2cn(CC(C)(C)C(=O)OC)cc21. The molecule has 1 aliphatic carbocycles. The first-order valence-electron chi connectivity index (χ1n) is 7.42. The molecule has 1 aromatic heterocycles. The number of carbonyl (C=O) groups excluding carboxylic acids is 1. The number of rotatable bonds is 4. The van der Waals surface area contributed by atoms with Crippen molar-refractivity contribution in [1.82, 2.24) is 9.88 Å². The third-order valence-electron chi connectivity index (χ3n) is 4.23. The number of aryl methyl sites for hydroxylation is 1. The van der Waals surface area contributed by atoms with Crippen molar-refractivity contribution in [2.24, 2.45) is 5.41 Å². The number of methoxy groups -OCH3 is 1. The van der Waals surface area contributed by atoms with Crippen molar-refractivity contribution in [3.8, 4) is 0 Å². The van der Waals surface area contributed by atoms with Crippen molar-refractivity contribution in [3.05, 3.63) is 23.5 Å². The summed E-state index contributed by atoms with van der Waals surface area (Å²) in [6.45, 7) is 4.52. The van der Waals surface area contributed by atoms with E-state index in [1.54, 1.807) is 0 Å². The van der Waals surface area contributed by atoms with E-state index in [0.717, 1.165) is 6.42 Å². The summed E-state index contributed by atoms with van der Waals surface area (Å²) in [7, 11) is 3.47. The molecule has 0 aromatic carbocycles. The Hall–Kier alpha value is -1.29. The van der Waals surface area contributed by atoms with Crippen LogP contribution in [0.2, 0.25) is 0 Å². The third-order valence-corrected chi connectivity index (χ3v) is 4.23. The second-order valence-corrected chi connectivity index (χ2v) is 6.37. The Kier molecular flexibility index (Phi) is 4.53. The fourth-order valence-corrected chi connectivity index (χ4v) is 3.10. The Morgan fingerprint density at radius 1 is 1.45 bits per heavy atom. The van der Waals surface area contributed by atoms with Gasteiger partial charge in [0.05, 0.1) is 12.5 Å². The molecule has 0 saturated carbocycles. The fraction of sp³-hybridized carbons (Fsp3) is 0.688. The lowest BCUT2D eigenvalue weighted by Gasteiger charge is -2.22. The average Bonchev–Trinajstić information content (AvgIpc) is 2.70. The lowest BCUT2D eigenvalue weighted by Crippen LogP contribution is -2.30. The van der Waals surface area contributed by atoms with Gasteiger partial charge in [0, 0.05) is 25.0 Å². The Balaban J connectivity index is 2.21. The van der Waals surface area contributed by atoms with Gasteiger partial charge >= 0.3 is 5.97 Å². The quantitative estimate of drug-likeness (QED) is 0.680. The molecule has 0 fully saturated rings. The van der Waals surface area contributed by atoms with Crippen LogP contribution in [-0.4, -0.2) is 24.7 Å². The number of nitrogens with one attached hydrogen (secondary N) is 1. The van der Waals surface area contributed by atoms with Crippen molar-refractivity contribution >= 4 is 5.97 Å². The van der Waals surface area contributed by atoms with Crippen LogP contribution in [0.15, 0.2) is 12.4 Å². The second kappa shape index (κ2) is 6.00. The summed E-state index contributed by atoms with van der Waals surface area (Å²) in [4.78, 5) is 11.8. The van der Waals surface area contributed by atoms with Gasteiger partial charge < -0.3 is 14.6 Å². The first-order chi connectivity index (χ1) is 9.47. The Morgan fingerprint density at radius 2 is 2.20 bits per heavy atom. The zero-order valence-corrected chi connectivity index (χ0v) is 13.0. The van der Waals surface area contributed by atoms with E-state index in [0.29, 0.717) is 12.6 Å². The minimum Gasteiger partial charge on any atom is -0.469 e. The number of hydrogen-bond acceptors (Lipinski definition) is 3. The Bertz CT molecular complexity index is 477. The number of nitrogens with zero attached hydrogens (tertiary/aromatic N) is 1. The smallest absolute Gasteiger partial charge is 0.313 e. The molecule has 1 N–H and O–H groups in total. The van der Waals surface area contributed by atoms with Crippen LogP contribution in [0.3, 0.4) is 0 Å². The normalized spacial score (nSPS) is 19.3. The molecule has 0 amide bonds. The van der Waals surface area contributed by atoms with Gasteiger partial charge in [0.15, 0.2) is 0 Å². The van der Waals surface area contributed by atoms with Crippen LogP contribution in [0, 0.1) is 5.41 Å². The molecule has 1 atom stereocenters. The van der Waals surface area contributed by atoms with Gasteiger partial charge in [-0.3, -0.25) is 4.79 Å². The molecular formula is C16H26N2O2. The highest BCUT2D eigenvalue weighted by atomic mass is 16.5. The lowest BCUT2D eigenvalue weighted by atomic mass is 9.94. The maximum atomic E-state index is 11.8. The summed E-state index contributed by atoms with van der Waals surface area (Å²) in [6.07, 6.45) is 9.25. The molecule has 20 heavy (non-hydrogen) atoms. The van der Waals surface area contributed by atoms with E-state index in [1.807, 2.05) is 20.9 Å². The van der Waals surface area contributed by atoms with Crippen molar-refractivity contribution in [2.75, 3.05) is 14.2 Å². The van der Waals surface area contributed by atoms with Crippen LogP contribution in [0.5, 0.6) is 0 Å². The number of aromatic nitrogens is 1. The highest BCUT2D eigenvalue weighted by Crippen LogP contribution is 2.30. The van der Waals surface area contributed by atoms with Crippen molar-refractivity contribution in [3.63, 3.8) is 0 Å². The second-order valence-electron chi connectivity index (χ2n) is 6.37. The molecule has 1 aliphatic rings. The Labute approximate surface area is 121 Å². The van der Waals surface area contributed by atoms with Crippen LogP contribution in [-0.2, 0) is 22.5 Å². The van der Waals surface area contributed by atoms with E-state index in [9.17, 15) is 4.79 Å². The summed E-state index contributed by atoms with van der Waals surface area (Å²) >= 11 is 0. The van der Waals surface area contributed by atoms with E-state index in [4.69, 9.17) is 4.74 Å². The van der Waals surface area contributed by atoms with Gasteiger partial charge in [-0.25, -0.2) is 0 Å². The van der Waals surface area contributed by atoms with E-state index < -0.39 is 5.41 Å². The number of ether oxygens (including phenoxy) is 1. The van der Waals surface area contributed by atoms with Crippen LogP contribution in [0.4, 0.5) is 0 Å². The summed E-state index contributed by atoms with van der Waals surface area (Å²) in [6, 6.07) is 0.440. The van der Waals surface area contributed by atoms with Gasteiger partial charge in [-0.1, -0.05) is 6.42 Å². The standard InChI is InChI=1S/C16H26N2O2/c1-16(2,15(19)20-4)11-18-9-12-7-5-6-8-14(17-3)13(12)10-18/h9-10,14,17H,5-8,11H2,1-4H3. The molecule has 112 valence electrons. The fourth-order valence-electron chi connectivity index (χ4n) is 3.10. The first-order valence-corrected chi connectivity index (χ1v) is 7.42. The molecule has 0 aliphatic heterocycles. The lowest BCUT2D eigenvalue weighted by molar-refractivity contribution is -0.151. The maximum absolute atomic E-state index is 11.8. The van der Waals surface area contributed by atoms with E-state index >= 15 is 0 Å². The summed E-state index contributed by atoms with van der Waals surface area (Å²) in [5, 5.41) is 3.41. The zero-order chi connectivity index (χ0) is 14.8. The predicted octanol–water partition coefficient (Wildman–Crippen LogP) is 2.67. The van der Waals surface area contributed by atoms with Crippen molar-refractivity contribution < 1.29 is 9.53 Å². The van der Waals surface area contributed by atoms with Gasteiger partial charge in [0.2, 0.25) is 0 Å². The number of fused-ring (bicyclic) bond motifs is 1. The molecule has 0 saturated heterocycles. The van der Waals surface area contributed by atoms with E-state index in [2.05, 4.69) is 22.3 Å². The van der Waals surface area contributed by atoms with Gasteiger partial charge in [-0.2, -0.15) is 0 Å². The monoisotopic (exact) mass is 278 g/mol. The predicted molar refractivity (Wildman–Crippen MR) is 79.6 cm³/mol. The van der Waals surface area contributed by atoms with Crippen LogP contribution < -0.4 is 5.32 Å². The van der Waals surface area contributed by atoms with Gasteiger partial charge in [0.25, 0.3) is 0 Å². The highest BCUT2D eigenvalue weighted by molar-refractivity contribution is 5.75. The first kappa shape index (κ1) is 15.1. The van der Waals surface area contributed by atoms with Crippen molar-refractivity contribution in [2.45, 2.75) is 52.1 Å². The van der Waals surface area contributed by atoms with Gasteiger partial charge in [0.1, 0.15) is 0 Å². The summed E-state index contributed by atoms with van der Waals surface area (Å²) < 4.78 is 7.04. The molecular weight excluding hydrogens is 252 g/mol. The number of esters is 1. The number of carbonyl (C=O) groups is 1.